The highest BCUT2D eigenvalue weighted by molar-refractivity contribution is 5.97. The molecule has 1 fully saturated rings. The van der Waals surface area contributed by atoms with Crippen molar-refractivity contribution in [2.24, 2.45) is 0 Å². The zero-order valence-electron chi connectivity index (χ0n) is 15.9. The van der Waals surface area contributed by atoms with Crippen LogP contribution in [-0.2, 0) is 9.53 Å². The second-order valence-corrected chi connectivity index (χ2v) is 7.69. The Labute approximate surface area is 150 Å². The van der Waals surface area contributed by atoms with Gasteiger partial charge in [0, 0.05) is 24.3 Å². The van der Waals surface area contributed by atoms with Crippen molar-refractivity contribution in [1.29, 1.82) is 0 Å². The minimum Gasteiger partial charge on any atom is -0.494 e. The van der Waals surface area contributed by atoms with Gasteiger partial charge in [-0.1, -0.05) is 6.92 Å². The number of anilines is 1. The molecule has 3 rings (SSSR count). The van der Waals surface area contributed by atoms with E-state index in [0.29, 0.717) is 32.3 Å². The monoisotopic (exact) mass is 346 g/mol. The number of carbonyl (C=O) groups is 1. The number of fused-ring (bicyclic) bond motifs is 1. The van der Waals surface area contributed by atoms with E-state index in [2.05, 4.69) is 37.8 Å². The van der Waals surface area contributed by atoms with Crippen LogP contribution in [0.5, 0.6) is 5.75 Å². The topological polar surface area (TPSA) is 42.0 Å². The van der Waals surface area contributed by atoms with E-state index in [1.807, 2.05) is 17.9 Å². The maximum atomic E-state index is 13.2. The normalized spacial score (nSPS) is 23.2. The Hall–Kier alpha value is -1.59. The summed E-state index contributed by atoms with van der Waals surface area (Å²) < 4.78 is 11.1. The number of morpholine rings is 1. The van der Waals surface area contributed by atoms with Gasteiger partial charge in [0.1, 0.15) is 5.75 Å². The average molecular weight is 346 g/mol. The molecular formula is C20H30N2O3. The summed E-state index contributed by atoms with van der Waals surface area (Å²) in [6, 6.07) is 6.13. The lowest BCUT2D eigenvalue weighted by Crippen LogP contribution is -2.55. The van der Waals surface area contributed by atoms with Crippen LogP contribution >= 0.6 is 0 Å². The first-order valence-electron chi connectivity index (χ1n) is 9.32. The van der Waals surface area contributed by atoms with E-state index < -0.39 is 0 Å². The van der Waals surface area contributed by atoms with Crippen LogP contribution in [0.2, 0.25) is 0 Å². The Morgan fingerprint density at radius 3 is 2.72 bits per heavy atom. The van der Waals surface area contributed by atoms with E-state index in [0.717, 1.165) is 30.9 Å². The molecule has 1 aromatic carbocycles. The van der Waals surface area contributed by atoms with Crippen LogP contribution in [0.25, 0.3) is 0 Å². The summed E-state index contributed by atoms with van der Waals surface area (Å²) in [5.41, 5.74) is 2.05. The van der Waals surface area contributed by atoms with Crippen LogP contribution in [0, 0.1) is 0 Å². The number of benzene rings is 1. The third kappa shape index (κ3) is 3.82. The molecule has 0 bridgehead atoms. The number of carbonyl (C=O) groups excluding carboxylic acids is 1. The number of hydrogen-bond acceptors (Lipinski definition) is 4. The quantitative estimate of drug-likeness (QED) is 0.840. The SMILES string of the molecule is CCOc1ccc2c(c1)[C@@H](C)CC(C)(C)N2C(=O)CN1CCOCC1. The molecule has 0 spiro atoms. The van der Waals surface area contributed by atoms with Gasteiger partial charge in [-0.05, 0) is 56.9 Å². The number of hydrogen-bond donors (Lipinski definition) is 0. The molecule has 0 N–H and O–H groups in total. The lowest BCUT2D eigenvalue weighted by molar-refractivity contribution is -0.122. The zero-order valence-corrected chi connectivity index (χ0v) is 15.9. The van der Waals surface area contributed by atoms with Gasteiger partial charge in [0.15, 0.2) is 0 Å². The summed E-state index contributed by atoms with van der Waals surface area (Å²) in [6.07, 6.45) is 0.949. The lowest BCUT2D eigenvalue weighted by Gasteiger charge is -2.46. The Morgan fingerprint density at radius 2 is 2.04 bits per heavy atom. The highest BCUT2D eigenvalue weighted by Crippen LogP contribution is 2.44. The molecule has 0 aromatic heterocycles. The summed E-state index contributed by atoms with van der Waals surface area (Å²) >= 11 is 0. The first-order valence-corrected chi connectivity index (χ1v) is 9.32. The Kier molecular flexibility index (Phi) is 5.35. The predicted molar refractivity (Wildman–Crippen MR) is 99.5 cm³/mol. The van der Waals surface area contributed by atoms with Crippen molar-refractivity contribution in [3.63, 3.8) is 0 Å². The number of rotatable bonds is 4. The molecule has 2 aliphatic heterocycles. The van der Waals surface area contributed by atoms with E-state index in [1.165, 1.54) is 5.56 Å². The van der Waals surface area contributed by atoms with Crippen molar-refractivity contribution in [2.75, 3.05) is 44.4 Å². The first kappa shape index (κ1) is 18.2. The Morgan fingerprint density at radius 1 is 1.32 bits per heavy atom. The molecule has 5 nitrogen and oxygen atoms in total. The van der Waals surface area contributed by atoms with Gasteiger partial charge in [-0.15, -0.1) is 0 Å². The summed E-state index contributed by atoms with van der Waals surface area (Å²) in [7, 11) is 0. The first-order chi connectivity index (χ1) is 11.9. The summed E-state index contributed by atoms with van der Waals surface area (Å²) in [5, 5.41) is 0. The minimum absolute atomic E-state index is 0.171. The molecule has 1 amide bonds. The van der Waals surface area contributed by atoms with Crippen molar-refractivity contribution in [3.05, 3.63) is 23.8 Å². The molecule has 1 aromatic rings. The van der Waals surface area contributed by atoms with Crippen molar-refractivity contribution in [1.82, 2.24) is 4.90 Å². The maximum Gasteiger partial charge on any atom is 0.241 e. The molecule has 25 heavy (non-hydrogen) atoms. The standard InChI is InChI=1S/C20H30N2O3/c1-5-25-16-6-7-18-17(12-16)15(2)13-20(3,4)22(18)19(23)14-21-8-10-24-11-9-21/h6-7,12,15H,5,8-11,13-14H2,1-4H3/t15-/m0/s1. The van der Waals surface area contributed by atoms with Crippen LogP contribution in [0.4, 0.5) is 5.69 Å². The lowest BCUT2D eigenvalue weighted by atomic mass is 9.80. The van der Waals surface area contributed by atoms with Gasteiger partial charge >= 0.3 is 0 Å². The predicted octanol–water partition coefficient (Wildman–Crippen LogP) is 3.04. The minimum atomic E-state index is -0.192. The van der Waals surface area contributed by atoms with Crippen molar-refractivity contribution in [2.45, 2.75) is 45.6 Å². The molecule has 2 heterocycles. The Balaban J connectivity index is 1.88. The van der Waals surface area contributed by atoms with Crippen LogP contribution < -0.4 is 9.64 Å². The molecule has 0 aliphatic carbocycles. The highest BCUT2D eigenvalue weighted by atomic mass is 16.5. The third-order valence-corrected chi connectivity index (χ3v) is 5.20. The molecular weight excluding hydrogens is 316 g/mol. The van der Waals surface area contributed by atoms with Crippen molar-refractivity contribution < 1.29 is 14.3 Å². The largest absolute Gasteiger partial charge is 0.494 e. The fourth-order valence-electron chi connectivity index (χ4n) is 4.16. The van der Waals surface area contributed by atoms with Crippen LogP contribution in [0.1, 0.15) is 45.6 Å². The molecule has 138 valence electrons. The maximum absolute atomic E-state index is 13.2. The van der Waals surface area contributed by atoms with Gasteiger partial charge in [-0.2, -0.15) is 0 Å². The van der Waals surface area contributed by atoms with Crippen LogP contribution in [-0.4, -0.2) is 55.8 Å². The van der Waals surface area contributed by atoms with Crippen LogP contribution in [0.3, 0.4) is 0 Å². The van der Waals surface area contributed by atoms with Gasteiger partial charge in [-0.25, -0.2) is 0 Å². The second kappa shape index (κ2) is 7.34. The zero-order chi connectivity index (χ0) is 18.0. The van der Waals surface area contributed by atoms with Gasteiger partial charge in [-0.3, -0.25) is 9.69 Å². The number of ether oxygens (including phenoxy) is 2. The molecule has 1 atom stereocenters. The molecule has 5 heteroatoms. The summed E-state index contributed by atoms with van der Waals surface area (Å²) in [6.45, 7) is 12.7. The van der Waals surface area contributed by atoms with E-state index in [1.54, 1.807) is 0 Å². The van der Waals surface area contributed by atoms with E-state index in [4.69, 9.17) is 9.47 Å². The van der Waals surface area contributed by atoms with Gasteiger partial charge in [0.25, 0.3) is 0 Å². The smallest absolute Gasteiger partial charge is 0.241 e. The molecule has 1 saturated heterocycles. The van der Waals surface area contributed by atoms with E-state index in [9.17, 15) is 4.79 Å². The van der Waals surface area contributed by atoms with E-state index in [-0.39, 0.29) is 11.4 Å². The molecule has 2 aliphatic rings. The fourth-order valence-corrected chi connectivity index (χ4v) is 4.16. The third-order valence-electron chi connectivity index (χ3n) is 5.20. The molecule has 0 unspecified atom stereocenters. The summed E-state index contributed by atoms with van der Waals surface area (Å²) in [4.78, 5) is 17.4. The average Bonchev–Trinajstić information content (AvgIpc) is 2.56. The highest BCUT2D eigenvalue weighted by Gasteiger charge is 2.40. The number of amides is 1. The number of nitrogens with zero attached hydrogens (tertiary/aromatic N) is 2. The second-order valence-electron chi connectivity index (χ2n) is 7.69. The van der Waals surface area contributed by atoms with Gasteiger partial charge < -0.3 is 14.4 Å². The van der Waals surface area contributed by atoms with Crippen molar-refractivity contribution in [3.8, 4) is 5.75 Å². The summed E-state index contributed by atoms with van der Waals surface area (Å²) in [5.74, 6) is 1.45. The van der Waals surface area contributed by atoms with Crippen LogP contribution in [0.15, 0.2) is 18.2 Å². The molecule has 0 radical (unpaired) electrons. The Bertz CT molecular complexity index is 623. The van der Waals surface area contributed by atoms with E-state index >= 15 is 0 Å². The van der Waals surface area contributed by atoms with Gasteiger partial charge in [0.2, 0.25) is 5.91 Å². The van der Waals surface area contributed by atoms with Crippen molar-refractivity contribution >= 4 is 11.6 Å². The van der Waals surface area contributed by atoms with Gasteiger partial charge in [0.05, 0.1) is 26.4 Å². The fraction of sp³-hybridized carbons (Fsp3) is 0.650. The molecule has 0 saturated carbocycles.